The lowest BCUT2D eigenvalue weighted by molar-refractivity contribution is 0.769. The first-order valence-electron chi connectivity index (χ1n) is 5.30. The molecule has 0 heterocycles. The summed E-state index contributed by atoms with van der Waals surface area (Å²) in [4.78, 5) is 0. The minimum atomic E-state index is 0.615. The molecule has 0 spiro atoms. The lowest BCUT2D eigenvalue weighted by atomic mass is 10.1. The second kappa shape index (κ2) is 10.1. The third-order valence-corrected chi connectivity index (χ3v) is 1.95. The molecular weight excluding hydrogens is 170 g/mol. The van der Waals surface area contributed by atoms with Crippen LogP contribution in [0.1, 0.15) is 34.6 Å². The van der Waals surface area contributed by atoms with Crippen molar-refractivity contribution in [2.24, 2.45) is 5.92 Å². The van der Waals surface area contributed by atoms with Crippen LogP contribution in [0, 0.1) is 5.92 Å². The van der Waals surface area contributed by atoms with Gasteiger partial charge in [0.1, 0.15) is 0 Å². The Hall–Kier alpha value is -0.980. The van der Waals surface area contributed by atoms with Gasteiger partial charge in [-0.2, -0.15) is 0 Å². The molecule has 0 fully saturated rings. The summed E-state index contributed by atoms with van der Waals surface area (Å²) >= 11 is 0. The van der Waals surface area contributed by atoms with Crippen LogP contribution in [0.5, 0.6) is 0 Å². The van der Waals surface area contributed by atoms with Crippen molar-refractivity contribution < 1.29 is 0 Å². The molecule has 0 aliphatic carbocycles. The standard InChI is InChI=1S/C11H19N.C2H6/c1-6-11(12-5)8-7-10(4)9(2)3;1-2/h6-9,12H,1H2,2-5H3;1-2H3/b10-7+,11-8+;. The smallest absolute Gasteiger partial charge is 0.0331 e. The Kier molecular flexibility index (Phi) is 11.2. The van der Waals surface area contributed by atoms with E-state index in [1.807, 2.05) is 33.0 Å². The van der Waals surface area contributed by atoms with Gasteiger partial charge in [-0.05, 0) is 25.0 Å². The number of likely N-dealkylation sites (N-methyl/N-ethyl adjacent to an activating group) is 1. The largest absolute Gasteiger partial charge is 0.388 e. The van der Waals surface area contributed by atoms with Crippen molar-refractivity contribution in [3.63, 3.8) is 0 Å². The van der Waals surface area contributed by atoms with Gasteiger partial charge in [0.25, 0.3) is 0 Å². The van der Waals surface area contributed by atoms with Gasteiger partial charge in [0, 0.05) is 12.7 Å². The van der Waals surface area contributed by atoms with E-state index in [1.54, 1.807) is 0 Å². The molecule has 1 N–H and O–H groups in total. The fourth-order valence-corrected chi connectivity index (χ4v) is 0.667. The van der Waals surface area contributed by atoms with Gasteiger partial charge in [0.15, 0.2) is 0 Å². The molecule has 0 saturated heterocycles. The average molecular weight is 195 g/mol. The number of hydrogen-bond donors (Lipinski definition) is 1. The zero-order valence-corrected chi connectivity index (χ0v) is 10.5. The van der Waals surface area contributed by atoms with Crippen molar-refractivity contribution in [3.05, 3.63) is 36.1 Å². The van der Waals surface area contributed by atoms with Gasteiger partial charge < -0.3 is 5.32 Å². The van der Waals surface area contributed by atoms with Crippen LogP contribution in [-0.2, 0) is 0 Å². The van der Waals surface area contributed by atoms with Crippen LogP contribution < -0.4 is 5.32 Å². The molecule has 1 heteroatoms. The molecule has 0 aliphatic rings. The first kappa shape index (κ1) is 15.5. The number of rotatable bonds is 4. The van der Waals surface area contributed by atoms with Crippen LogP contribution in [0.2, 0.25) is 0 Å². The van der Waals surface area contributed by atoms with Gasteiger partial charge in [0.05, 0.1) is 0 Å². The predicted molar refractivity (Wildman–Crippen MR) is 67.3 cm³/mol. The molecule has 0 amide bonds. The van der Waals surface area contributed by atoms with Crippen molar-refractivity contribution in [3.8, 4) is 0 Å². The molecule has 0 radical (unpaired) electrons. The lowest BCUT2D eigenvalue weighted by Crippen LogP contribution is -2.01. The van der Waals surface area contributed by atoms with E-state index in [1.165, 1.54) is 5.57 Å². The molecule has 0 aromatic carbocycles. The summed E-state index contributed by atoms with van der Waals surface area (Å²) in [7, 11) is 1.89. The lowest BCUT2D eigenvalue weighted by Gasteiger charge is -2.03. The molecule has 0 aromatic rings. The Morgan fingerprint density at radius 3 is 2.00 bits per heavy atom. The molecule has 0 bridgehead atoms. The normalized spacial score (nSPS) is 11.9. The minimum absolute atomic E-state index is 0.615. The average Bonchev–Trinajstić information content (AvgIpc) is 2.22. The van der Waals surface area contributed by atoms with Crippen molar-refractivity contribution in [2.45, 2.75) is 34.6 Å². The quantitative estimate of drug-likeness (QED) is 0.671. The van der Waals surface area contributed by atoms with E-state index in [-0.39, 0.29) is 0 Å². The molecular formula is C13H25N. The van der Waals surface area contributed by atoms with Crippen LogP contribution >= 0.6 is 0 Å². The minimum Gasteiger partial charge on any atom is -0.388 e. The van der Waals surface area contributed by atoms with E-state index in [9.17, 15) is 0 Å². The van der Waals surface area contributed by atoms with Crippen LogP contribution in [0.4, 0.5) is 0 Å². The maximum Gasteiger partial charge on any atom is 0.0331 e. The van der Waals surface area contributed by atoms with Gasteiger partial charge in [0.2, 0.25) is 0 Å². The van der Waals surface area contributed by atoms with E-state index in [0.717, 1.165) is 5.70 Å². The molecule has 0 unspecified atom stereocenters. The summed E-state index contributed by atoms with van der Waals surface area (Å²) in [6.07, 6.45) is 5.98. The summed E-state index contributed by atoms with van der Waals surface area (Å²) < 4.78 is 0. The van der Waals surface area contributed by atoms with E-state index in [0.29, 0.717) is 5.92 Å². The fraction of sp³-hybridized carbons (Fsp3) is 0.538. The second-order valence-electron chi connectivity index (χ2n) is 3.14. The second-order valence-corrected chi connectivity index (χ2v) is 3.14. The molecule has 0 atom stereocenters. The monoisotopic (exact) mass is 195 g/mol. The SMILES string of the molecule is C=C/C(=C\C=C(/C)C(C)C)NC.CC. The summed E-state index contributed by atoms with van der Waals surface area (Å²) in [5.41, 5.74) is 2.43. The van der Waals surface area contributed by atoms with E-state index < -0.39 is 0 Å². The topological polar surface area (TPSA) is 12.0 Å². The molecule has 1 nitrogen and oxygen atoms in total. The first-order valence-corrected chi connectivity index (χ1v) is 5.30. The Balaban J connectivity index is 0. The van der Waals surface area contributed by atoms with Gasteiger partial charge in [-0.25, -0.2) is 0 Å². The Labute approximate surface area is 89.6 Å². The summed E-state index contributed by atoms with van der Waals surface area (Å²) in [5, 5.41) is 3.04. The van der Waals surface area contributed by atoms with E-state index in [4.69, 9.17) is 0 Å². The van der Waals surface area contributed by atoms with Crippen molar-refractivity contribution in [2.75, 3.05) is 7.05 Å². The highest BCUT2D eigenvalue weighted by Crippen LogP contribution is 2.08. The molecule has 0 aliphatic heterocycles. The van der Waals surface area contributed by atoms with Crippen molar-refractivity contribution in [1.29, 1.82) is 0 Å². The van der Waals surface area contributed by atoms with Crippen molar-refractivity contribution in [1.82, 2.24) is 5.32 Å². The van der Waals surface area contributed by atoms with Crippen LogP contribution in [0.25, 0.3) is 0 Å². The van der Waals surface area contributed by atoms with Crippen LogP contribution in [0.3, 0.4) is 0 Å². The van der Waals surface area contributed by atoms with Gasteiger partial charge in [-0.15, -0.1) is 0 Å². The fourth-order valence-electron chi connectivity index (χ4n) is 0.667. The molecule has 0 rings (SSSR count). The Morgan fingerprint density at radius 1 is 1.21 bits per heavy atom. The predicted octanol–water partition coefficient (Wildman–Crippen LogP) is 3.90. The number of allylic oxidation sites excluding steroid dienone is 4. The van der Waals surface area contributed by atoms with Gasteiger partial charge in [-0.3, -0.25) is 0 Å². The van der Waals surface area contributed by atoms with Crippen LogP contribution in [-0.4, -0.2) is 7.05 Å². The Bertz CT molecular complexity index is 197. The zero-order chi connectivity index (χ0) is 11.6. The van der Waals surface area contributed by atoms with E-state index >= 15 is 0 Å². The van der Waals surface area contributed by atoms with Crippen LogP contribution in [0.15, 0.2) is 36.1 Å². The third-order valence-electron chi connectivity index (χ3n) is 1.95. The number of nitrogens with one attached hydrogen (secondary N) is 1. The third kappa shape index (κ3) is 7.66. The molecule has 0 saturated carbocycles. The summed E-state index contributed by atoms with van der Waals surface area (Å²) in [6, 6.07) is 0. The van der Waals surface area contributed by atoms with Gasteiger partial charge >= 0.3 is 0 Å². The first-order chi connectivity index (χ1) is 6.61. The maximum atomic E-state index is 3.69. The summed E-state index contributed by atoms with van der Waals surface area (Å²) in [6.45, 7) is 14.2. The maximum absolute atomic E-state index is 3.69. The molecule has 0 aromatic heterocycles. The summed E-state index contributed by atoms with van der Waals surface area (Å²) in [5.74, 6) is 0.615. The van der Waals surface area contributed by atoms with Crippen molar-refractivity contribution >= 4 is 0 Å². The highest BCUT2D eigenvalue weighted by molar-refractivity contribution is 5.22. The van der Waals surface area contributed by atoms with E-state index in [2.05, 4.69) is 38.7 Å². The Morgan fingerprint density at radius 2 is 1.71 bits per heavy atom. The molecule has 82 valence electrons. The van der Waals surface area contributed by atoms with Gasteiger partial charge in [-0.1, -0.05) is 45.9 Å². The highest BCUT2D eigenvalue weighted by Gasteiger charge is 1.93. The number of hydrogen-bond acceptors (Lipinski definition) is 1. The highest BCUT2D eigenvalue weighted by atomic mass is 14.8. The zero-order valence-electron chi connectivity index (χ0n) is 10.5. The molecule has 14 heavy (non-hydrogen) atoms.